The van der Waals surface area contributed by atoms with Gasteiger partial charge in [-0.1, -0.05) is 0 Å². The van der Waals surface area contributed by atoms with E-state index in [0.717, 1.165) is 0 Å². The van der Waals surface area contributed by atoms with Gasteiger partial charge in [-0.25, -0.2) is 24.9 Å². The van der Waals surface area contributed by atoms with E-state index in [0.29, 0.717) is 0 Å². The van der Waals surface area contributed by atoms with E-state index < -0.39 is 55.4 Å². The minimum atomic E-state index is -3.17. The minimum absolute atomic E-state index is 1.15. The number of rotatable bonds is 5. The van der Waals surface area contributed by atoms with Gasteiger partial charge in [0.2, 0.25) is 6.10 Å². The van der Waals surface area contributed by atoms with Crippen molar-refractivity contribution in [3.63, 3.8) is 0 Å². The predicted molar refractivity (Wildman–Crippen MR) is 56.2 cm³/mol. The summed E-state index contributed by atoms with van der Waals surface area (Å²) in [6.45, 7) is -4.14. The smallest absolute Gasteiger partial charge is 0.388 e. The Bertz CT molecular complexity index is 431. The number of carbonyl (C=O) groups is 3. The second-order valence-corrected chi connectivity index (χ2v) is 3.89. The molecule has 1 saturated heterocycles. The quantitative estimate of drug-likeness (QED) is 0.143. The Hall–Kier alpha value is -1.87. The van der Waals surface area contributed by atoms with E-state index in [1.54, 1.807) is 0 Å². The molecule has 22 heavy (non-hydrogen) atoms. The zero-order chi connectivity index (χ0) is 17.0. The second kappa shape index (κ2) is 6.93. The van der Waals surface area contributed by atoms with Crippen molar-refractivity contribution in [2.45, 2.75) is 17.7 Å². The molecule has 0 aliphatic carbocycles. The standard InChI is InChI=1S/C9H12O13/c10-1-4-5(13)19-9(3-12,22-17)7(15)20-8(2-11,21-16)6(14)18-4/h4,10-12,16-17H,1-3H2. The zero-order valence-electron chi connectivity index (χ0n) is 10.7. The Kier molecular flexibility index (Phi) is 5.72. The Labute approximate surface area is 121 Å². The lowest BCUT2D eigenvalue weighted by molar-refractivity contribution is -0.411. The van der Waals surface area contributed by atoms with E-state index in [2.05, 4.69) is 24.0 Å². The summed E-state index contributed by atoms with van der Waals surface area (Å²) in [7, 11) is 0. The molecule has 0 aromatic rings. The fraction of sp³-hybridized carbons (Fsp3) is 0.667. The maximum atomic E-state index is 11.8. The van der Waals surface area contributed by atoms with Crippen LogP contribution in [0, 0.1) is 0 Å². The van der Waals surface area contributed by atoms with Gasteiger partial charge in [0.25, 0.3) is 0 Å². The monoisotopic (exact) mass is 328 g/mol. The van der Waals surface area contributed by atoms with E-state index in [-0.39, 0.29) is 0 Å². The van der Waals surface area contributed by atoms with Gasteiger partial charge in [0.15, 0.2) is 0 Å². The lowest BCUT2D eigenvalue weighted by Gasteiger charge is -2.28. The molecule has 3 unspecified atom stereocenters. The topological polar surface area (TPSA) is 199 Å². The third-order valence-corrected chi connectivity index (χ3v) is 2.53. The van der Waals surface area contributed by atoms with Crippen molar-refractivity contribution in [3.8, 4) is 0 Å². The lowest BCUT2D eigenvalue weighted by atomic mass is 10.2. The fourth-order valence-electron chi connectivity index (χ4n) is 1.28. The zero-order valence-corrected chi connectivity index (χ0v) is 10.7. The van der Waals surface area contributed by atoms with Gasteiger partial charge in [0, 0.05) is 0 Å². The molecule has 1 heterocycles. The molecule has 13 nitrogen and oxygen atoms in total. The van der Waals surface area contributed by atoms with Gasteiger partial charge < -0.3 is 29.5 Å². The van der Waals surface area contributed by atoms with Gasteiger partial charge in [-0.2, -0.15) is 9.78 Å². The van der Waals surface area contributed by atoms with Crippen LogP contribution in [0.5, 0.6) is 0 Å². The Balaban J connectivity index is 3.37. The molecule has 3 atom stereocenters. The van der Waals surface area contributed by atoms with Crippen LogP contribution in [0.25, 0.3) is 0 Å². The van der Waals surface area contributed by atoms with Gasteiger partial charge in [-0.05, 0) is 0 Å². The third-order valence-electron chi connectivity index (χ3n) is 2.53. The summed E-state index contributed by atoms with van der Waals surface area (Å²) in [5.74, 6) is -11.7. The van der Waals surface area contributed by atoms with Crippen LogP contribution in [0.2, 0.25) is 0 Å². The van der Waals surface area contributed by atoms with Crippen LogP contribution in [0.3, 0.4) is 0 Å². The SMILES string of the molecule is O=C1OC(CO)(OO)C(=O)OC(CO)(OO)C(=O)OC1CO. The van der Waals surface area contributed by atoms with Crippen LogP contribution in [0.15, 0.2) is 0 Å². The van der Waals surface area contributed by atoms with Crippen molar-refractivity contribution in [2.24, 2.45) is 0 Å². The highest BCUT2D eigenvalue weighted by Gasteiger charge is 2.57. The molecule has 0 aromatic carbocycles. The van der Waals surface area contributed by atoms with Crippen LogP contribution in [-0.2, 0) is 38.4 Å². The molecule has 0 bridgehead atoms. The van der Waals surface area contributed by atoms with Gasteiger partial charge in [-0.15, -0.1) is 0 Å². The maximum absolute atomic E-state index is 11.8. The molecule has 126 valence electrons. The summed E-state index contributed by atoms with van der Waals surface area (Å²) >= 11 is 0. The molecule has 0 saturated carbocycles. The molecule has 1 aliphatic heterocycles. The Morgan fingerprint density at radius 2 is 1.41 bits per heavy atom. The van der Waals surface area contributed by atoms with Crippen molar-refractivity contribution < 1.29 is 64.2 Å². The number of hydrogen-bond acceptors (Lipinski definition) is 13. The first-order chi connectivity index (χ1) is 10.3. The van der Waals surface area contributed by atoms with Crippen molar-refractivity contribution in [1.82, 2.24) is 0 Å². The predicted octanol–water partition coefficient (Wildman–Crippen LogP) is -3.65. The first-order valence-electron chi connectivity index (χ1n) is 5.49. The molecule has 13 heteroatoms. The van der Waals surface area contributed by atoms with Crippen LogP contribution in [0.4, 0.5) is 0 Å². The largest absolute Gasteiger partial charge is 0.443 e. The second-order valence-electron chi connectivity index (χ2n) is 3.89. The number of aliphatic hydroxyl groups is 3. The number of carbonyl (C=O) groups excluding carboxylic acids is 3. The summed E-state index contributed by atoms with van der Waals surface area (Å²) in [6, 6.07) is 0. The molecule has 1 rings (SSSR count). The number of ether oxygens (including phenoxy) is 3. The van der Waals surface area contributed by atoms with Crippen molar-refractivity contribution in [3.05, 3.63) is 0 Å². The van der Waals surface area contributed by atoms with Crippen LogP contribution < -0.4 is 0 Å². The number of aliphatic hydroxyl groups excluding tert-OH is 3. The molecule has 0 aromatic heterocycles. The fourth-order valence-corrected chi connectivity index (χ4v) is 1.28. The number of hydrogen-bond donors (Lipinski definition) is 5. The van der Waals surface area contributed by atoms with E-state index in [4.69, 9.17) is 25.8 Å². The van der Waals surface area contributed by atoms with Crippen LogP contribution in [-0.4, -0.2) is 81.2 Å². The highest BCUT2D eigenvalue weighted by molar-refractivity contribution is 5.90. The Morgan fingerprint density at radius 3 is 1.82 bits per heavy atom. The molecule has 1 fully saturated rings. The lowest BCUT2D eigenvalue weighted by Crippen LogP contribution is -2.55. The van der Waals surface area contributed by atoms with Crippen LogP contribution >= 0.6 is 0 Å². The van der Waals surface area contributed by atoms with Gasteiger partial charge in [-0.3, -0.25) is 0 Å². The average molecular weight is 328 g/mol. The highest BCUT2D eigenvalue weighted by Crippen LogP contribution is 2.25. The molecule has 0 amide bonds. The highest BCUT2D eigenvalue weighted by atomic mass is 17.2. The molecular formula is C9H12O13. The van der Waals surface area contributed by atoms with E-state index in [1.807, 2.05) is 0 Å². The first kappa shape index (κ1) is 18.2. The Morgan fingerprint density at radius 1 is 0.909 bits per heavy atom. The normalized spacial score (nSPS) is 33.1. The van der Waals surface area contributed by atoms with Gasteiger partial charge in [0.1, 0.15) is 13.2 Å². The summed E-state index contributed by atoms with van der Waals surface area (Å²) in [5, 5.41) is 44.4. The molecule has 1 aliphatic rings. The average Bonchev–Trinajstić information content (AvgIpc) is 2.56. The summed E-state index contributed by atoms with van der Waals surface area (Å²) in [6.07, 6.45) is -2.07. The van der Waals surface area contributed by atoms with Crippen LogP contribution in [0.1, 0.15) is 0 Å². The van der Waals surface area contributed by atoms with Gasteiger partial charge >= 0.3 is 29.5 Å². The first-order valence-corrected chi connectivity index (χ1v) is 5.49. The summed E-state index contributed by atoms with van der Waals surface area (Å²) in [4.78, 5) is 42.3. The van der Waals surface area contributed by atoms with Gasteiger partial charge in [0.05, 0.1) is 6.61 Å². The minimum Gasteiger partial charge on any atom is -0.443 e. The number of cyclic esters (lactones) is 3. The van der Waals surface area contributed by atoms with Crippen molar-refractivity contribution >= 4 is 17.9 Å². The molecule has 0 radical (unpaired) electrons. The summed E-state index contributed by atoms with van der Waals surface area (Å²) in [5.41, 5.74) is 0. The van der Waals surface area contributed by atoms with Crippen molar-refractivity contribution in [2.75, 3.05) is 19.8 Å². The third kappa shape index (κ3) is 3.00. The molecule has 0 spiro atoms. The maximum Gasteiger partial charge on any atom is 0.388 e. The van der Waals surface area contributed by atoms with E-state index in [1.165, 1.54) is 0 Å². The van der Waals surface area contributed by atoms with E-state index in [9.17, 15) is 14.4 Å². The number of esters is 3. The summed E-state index contributed by atoms with van der Waals surface area (Å²) < 4.78 is 12.9. The van der Waals surface area contributed by atoms with Crippen molar-refractivity contribution in [1.29, 1.82) is 0 Å². The van der Waals surface area contributed by atoms with E-state index >= 15 is 0 Å². The molecular weight excluding hydrogens is 316 g/mol. The molecule has 5 N–H and O–H groups in total.